The van der Waals surface area contributed by atoms with E-state index in [2.05, 4.69) is 4.98 Å². The number of rotatable bonds is 8. The van der Waals surface area contributed by atoms with Crippen LogP contribution in [0.3, 0.4) is 0 Å². The number of hydrogen-bond acceptors (Lipinski definition) is 5. The lowest BCUT2D eigenvalue weighted by atomic mass is 9.99. The molecule has 7 heteroatoms. The van der Waals surface area contributed by atoms with Gasteiger partial charge in [0, 0.05) is 37.3 Å². The van der Waals surface area contributed by atoms with Gasteiger partial charge in [0.05, 0.1) is 12.6 Å². The highest BCUT2D eigenvalue weighted by molar-refractivity contribution is 5.97. The van der Waals surface area contributed by atoms with Crippen molar-refractivity contribution >= 4 is 18.1 Å². The maximum Gasteiger partial charge on any atom is 0.259 e. The van der Waals surface area contributed by atoms with Crippen LogP contribution in [-0.4, -0.2) is 64.7 Å². The van der Waals surface area contributed by atoms with Crippen LogP contribution >= 0.6 is 0 Å². The van der Waals surface area contributed by atoms with Crippen molar-refractivity contribution in [1.82, 2.24) is 14.8 Å². The Balaban J connectivity index is 1.61. The molecule has 1 amide bonds. The molecule has 3 atom stereocenters. The number of ether oxygens (including phenoxy) is 1. The van der Waals surface area contributed by atoms with Crippen molar-refractivity contribution in [1.29, 1.82) is 0 Å². The summed E-state index contributed by atoms with van der Waals surface area (Å²) in [6, 6.07) is 18.1. The average molecular weight is 504 g/mol. The maximum absolute atomic E-state index is 14.2. The Bertz CT molecular complexity index is 1230. The molecule has 6 nitrogen and oxygen atoms in total. The van der Waals surface area contributed by atoms with Crippen molar-refractivity contribution in [3.63, 3.8) is 0 Å². The lowest BCUT2D eigenvalue weighted by Crippen LogP contribution is -2.49. The summed E-state index contributed by atoms with van der Waals surface area (Å²) in [5, 5.41) is 9.87. The Morgan fingerprint density at radius 1 is 1.16 bits per heavy atom. The fourth-order valence-electron chi connectivity index (χ4n) is 4.47. The lowest BCUT2D eigenvalue weighted by molar-refractivity contribution is 0.0324. The summed E-state index contributed by atoms with van der Waals surface area (Å²) < 4.78 is 20.6. The molecule has 0 spiro atoms. The zero-order valence-electron chi connectivity index (χ0n) is 21.5. The molecule has 37 heavy (non-hydrogen) atoms. The van der Waals surface area contributed by atoms with Gasteiger partial charge in [-0.1, -0.05) is 67.6 Å². The molecular formula is C30H34FN3O3. The normalized spacial score (nSPS) is 18.9. The van der Waals surface area contributed by atoms with Crippen molar-refractivity contribution in [3.05, 3.63) is 94.9 Å². The minimum atomic E-state index is -0.360. The van der Waals surface area contributed by atoms with Crippen LogP contribution in [0.25, 0.3) is 12.2 Å². The average Bonchev–Trinajstić information content (AvgIpc) is 2.91. The van der Waals surface area contributed by atoms with Crippen LogP contribution in [-0.2, 0) is 6.54 Å². The highest BCUT2D eigenvalue weighted by atomic mass is 19.1. The number of nitrogens with zero attached hydrogens (tertiary/aromatic N) is 3. The van der Waals surface area contributed by atoms with Crippen LogP contribution < -0.4 is 4.74 Å². The zero-order chi connectivity index (χ0) is 26.4. The predicted molar refractivity (Wildman–Crippen MR) is 144 cm³/mol. The van der Waals surface area contributed by atoms with Crippen molar-refractivity contribution in [3.8, 4) is 5.88 Å². The van der Waals surface area contributed by atoms with Gasteiger partial charge in [0.25, 0.3) is 5.91 Å². The summed E-state index contributed by atoms with van der Waals surface area (Å²) in [5.74, 6) is -0.233. The Morgan fingerprint density at radius 3 is 2.59 bits per heavy atom. The highest BCUT2D eigenvalue weighted by Crippen LogP contribution is 2.28. The molecule has 0 radical (unpaired) electrons. The van der Waals surface area contributed by atoms with Gasteiger partial charge in [-0.3, -0.25) is 9.69 Å². The second-order valence-electron chi connectivity index (χ2n) is 9.78. The summed E-state index contributed by atoms with van der Waals surface area (Å²) in [4.78, 5) is 21.8. The number of fused-ring (bicyclic) bond motifs is 1. The number of aromatic nitrogens is 1. The first kappa shape index (κ1) is 26.5. The zero-order valence-corrected chi connectivity index (χ0v) is 21.5. The number of hydrogen-bond donors (Lipinski definition) is 1. The number of carbonyl (C=O) groups is 1. The van der Waals surface area contributed by atoms with E-state index in [1.807, 2.05) is 74.3 Å². The van der Waals surface area contributed by atoms with E-state index in [0.717, 1.165) is 11.1 Å². The molecular weight excluding hydrogens is 469 g/mol. The largest absolute Gasteiger partial charge is 0.472 e. The van der Waals surface area contributed by atoms with E-state index in [-0.39, 0.29) is 42.3 Å². The SMILES string of the molecule is C[C@H](CO)N1C[C@H](C)[C@H](CN(C)Cc2ccccc2F)Oc2ncc(/C=C/c3ccccc3)cc2C1=O. The first-order valence-electron chi connectivity index (χ1n) is 12.6. The molecule has 4 rings (SSSR count). The molecule has 0 saturated heterocycles. The quantitative estimate of drug-likeness (QED) is 0.481. The predicted octanol–water partition coefficient (Wildman–Crippen LogP) is 4.74. The summed E-state index contributed by atoms with van der Waals surface area (Å²) >= 11 is 0. The number of aliphatic hydroxyl groups excluding tert-OH is 1. The molecule has 0 fully saturated rings. The number of likely N-dealkylation sites (N-methyl/N-ethyl adjacent to an activating group) is 1. The van der Waals surface area contributed by atoms with E-state index >= 15 is 0 Å². The summed E-state index contributed by atoms with van der Waals surface area (Å²) in [7, 11) is 1.92. The van der Waals surface area contributed by atoms with Crippen molar-refractivity contribution in [2.45, 2.75) is 32.5 Å². The van der Waals surface area contributed by atoms with Gasteiger partial charge in [-0.05, 0) is 37.2 Å². The van der Waals surface area contributed by atoms with E-state index in [1.165, 1.54) is 6.07 Å². The van der Waals surface area contributed by atoms with E-state index in [4.69, 9.17) is 4.74 Å². The minimum Gasteiger partial charge on any atom is -0.472 e. The summed E-state index contributed by atoms with van der Waals surface area (Å²) in [6.07, 6.45) is 5.28. The second kappa shape index (κ2) is 12.1. The van der Waals surface area contributed by atoms with Crippen molar-refractivity contribution in [2.75, 3.05) is 26.7 Å². The molecule has 1 aliphatic rings. The summed E-state index contributed by atoms with van der Waals surface area (Å²) in [5.41, 5.74) is 2.80. The third kappa shape index (κ3) is 6.61. The van der Waals surface area contributed by atoms with Crippen LogP contribution in [0.1, 0.15) is 40.9 Å². The van der Waals surface area contributed by atoms with Gasteiger partial charge in [0.2, 0.25) is 5.88 Å². The molecule has 194 valence electrons. The molecule has 0 saturated carbocycles. The van der Waals surface area contributed by atoms with E-state index in [1.54, 1.807) is 29.3 Å². The Morgan fingerprint density at radius 2 is 1.86 bits per heavy atom. The van der Waals surface area contributed by atoms with Crippen LogP contribution in [0.4, 0.5) is 4.39 Å². The third-order valence-corrected chi connectivity index (χ3v) is 6.70. The van der Waals surface area contributed by atoms with Crippen LogP contribution in [0, 0.1) is 11.7 Å². The molecule has 2 heterocycles. The Labute approximate surface area is 218 Å². The molecule has 1 aliphatic heterocycles. The molecule has 0 aliphatic carbocycles. The molecule has 1 aromatic heterocycles. The van der Waals surface area contributed by atoms with Gasteiger partial charge in [-0.15, -0.1) is 0 Å². The van der Waals surface area contributed by atoms with Crippen molar-refractivity contribution in [2.24, 2.45) is 5.92 Å². The van der Waals surface area contributed by atoms with Gasteiger partial charge in [-0.25, -0.2) is 9.37 Å². The second-order valence-corrected chi connectivity index (χ2v) is 9.78. The lowest BCUT2D eigenvalue weighted by Gasteiger charge is -2.37. The fraction of sp³-hybridized carbons (Fsp3) is 0.333. The third-order valence-electron chi connectivity index (χ3n) is 6.70. The molecule has 0 unspecified atom stereocenters. The first-order valence-corrected chi connectivity index (χ1v) is 12.6. The Kier molecular flexibility index (Phi) is 8.69. The van der Waals surface area contributed by atoms with Gasteiger partial charge in [-0.2, -0.15) is 0 Å². The number of pyridine rings is 1. The molecule has 1 N–H and O–H groups in total. The van der Waals surface area contributed by atoms with E-state index in [9.17, 15) is 14.3 Å². The van der Waals surface area contributed by atoms with Crippen molar-refractivity contribution < 1.29 is 19.0 Å². The number of aliphatic hydroxyl groups is 1. The van der Waals surface area contributed by atoms with Gasteiger partial charge < -0.3 is 14.7 Å². The van der Waals surface area contributed by atoms with Gasteiger partial charge in [0.1, 0.15) is 17.5 Å². The van der Waals surface area contributed by atoms with Crippen LogP contribution in [0.15, 0.2) is 66.9 Å². The molecule has 0 bridgehead atoms. The minimum absolute atomic E-state index is 0.0476. The highest BCUT2D eigenvalue weighted by Gasteiger charge is 2.34. The maximum atomic E-state index is 14.2. The van der Waals surface area contributed by atoms with Crippen LogP contribution in [0.2, 0.25) is 0 Å². The fourth-order valence-corrected chi connectivity index (χ4v) is 4.47. The number of halogens is 1. The van der Waals surface area contributed by atoms with Gasteiger partial charge >= 0.3 is 0 Å². The topological polar surface area (TPSA) is 65.9 Å². The number of amides is 1. The van der Waals surface area contributed by atoms with Crippen LogP contribution in [0.5, 0.6) is 5.88 Å². The van der Waals surface area contributed by atoms with E-state index < -0.39 is 0 Å². The first-order chi connectivity index (χ1) is 17.9. The molecule has 2 aromatic carbocycles. The molecule has 3 aromatic rings. The smallest absolute Gasteiger partial charge is 0.259 e. The van der Waals surface area contributed by atoms with E-state index in [0.29, 0.717) is 30.8 Å². The van der Waals surface area contributed by atoms with Gasteiger partial charge in [0.15, 0.2) is 0 Å². The monoisotopic (exact) mass is 503 g/mol. The summed E-state index contributed by atoms with van der Waals surface area (Å²) in [6.45, 7) is 5.07. The standard InChI is InChI=1S/C30H34FN3O3/c1-21-17-34(22(2)20-35)30(36)26-15-24(14-13-23-9-5-4-6-10-23)16-32-29(26)37-28(21)19-33(3)18-25-11-7-8-12-27(25)31/h4-16,21-22,28,35H,17-20H2,1-3H3/b14-13+/t21-,22+,28-/m0/s1. The number of carbonyl (C=O) groups excluding carboxylic acids is 1. The Hall–Kier alpha value is -3.55. The number of benzene rings is 2.